The van der Waals surface area contributed by atoms with Gasteiger partial charge >= 0.3 is 6.09 Å². The van der Waals surface area contributed by atoms with Crippen LogP contribution in [0.25, 0.3) is 0 Å². The number of rotatable bonds is 14. The zero-order valence-corrected chi connectivity index (χ0v) is 25.8. The molecule has 2 rings (SSSR count). The van der Waals surface area contributed by atoms with Gasteiger partial charge in [-0.25, -0.2) is 4.79 Å². The van der Waals surface area contributed by atoms with Crippen molar-refractivity contribution in [3.63, 3.8) is 0 Å². The summed E-state index contributed by atoms with van der Waals surface area (Å²) in [5, 5.41) is 15.8. The molecule has 0 bridgehead atoms. The van der Waals surface area contributed by atoms with E-state index in [4.69, 9.17) is 4.74 Å². The lowest BCUT2D eigenvalue weighted by atomic mass is 9.95. The number of phenolic OH excluding ortho intramolecular Hbond substituents is 1. The normalized spacial score (nSPS) is 13.5. The van der Waals surface area contributed by atoms with Gasteiger partial charge in [0.05, 0.1) is 0 Å². The number of nitrogens with one attached hydrogen (secondary N) is 2. The van der Waals surface area contributed by atoms with Crippen LogP contribution in [0.1, 0.15) is 97.2 Å². The molecule has 3 atom stereocenters. The highest BCUT2D eigenvalue weighted by Gasteiger charge is 2.38. The van der Waals surface area contributed by atoms with Crippen molar-refractivity contribution in [3.05, 3.63) is 59.7 Å². The fraction of sp³-hybridized carbons (Fsp3) is 0.545. The second-order valence-corrected chi connectivity index (χ2v) is 11.8. The van der Waals surface area contributed by atoms with Crippen LogP contribution in [0.3, 0.4) is 0 Å². The summed E-state index contributed by atoms with van der Waals surface area (Å²) < 4.78 is 5.49. The lowest BCUT2D eigenvalue weighted by Crippen LogP contribution is -2.55. The Kier molecular flexibility index (Phi) is 13.2. The maximum Gasteiger partial charge on any atom is 0.408 e. The molecule has 0 saturated carbocycles. The predicted octanol–water partition coefficient (Wildman–Crippen LogP) is 7.12. The van der Waals surface area contributed by atoms with Crippen molar-refractivity contribution in [1.29, 1.82) is 0 Å². The molecular weight excluding hydrogens is 518 g/mol. The minimum atomic E-state index is -0.985. The minimum Gasteiger partial charge on any atom is -0.508 e. The molecule has 2 aromatic rings. The van der Waals surface area contributed by atoms with E-state index < -0.39 is 23.8 Å². The number of carbonyl (C=O) groups is 3. The number of aromatic hydroxyl groups is 1. The van der Waals surface area contributed by atoms with Crippen LogP contribution >= 0.6 is 0 Å². The van der Waals surface area contributed by atoms with Gasteiger partial charge in [0.1, 0.15) is 23.4 Å². The Morgan fingerprint density at radius 3 is 2.17 bits per heavy atom. The Morgan fingerprint density at radius 1 is 0.951 bits per heavy atom. The van der Waals surface area contributed by atoms with Gasteiger partial charge in [0.2, 0.25) is 5.91 Å². The minimum absolute atomic E-state index is 0.0633. The second kappa shape index (κ2) is 16.0. The monoisotopic (exact) mass is 567 g/mol. The maximum absolute atomic E-state index is 14.4. The number of ether oxygens (including phenoxy) is 1. The molecule has 3 N–H and O–H groups in total. The van der Waals surface area contributed by atoms with Gasteiger partial charge in [0, 0.05) is 12.2 Å². The molecule has 0 fully saturated rings. The number of nitrogens with zero attached hydrogens (tertiary/aromatic N) is 1. The van der Waals surface area contributed by atoms with Gasteiger partial charge in [-0.3, -0.25) is 9.59 Å². The van der Waals surface area contributed by atoms with Crippen LogP contribution in [0.5, 0.6) is 5.75 Å². The molecule has 0 aromatic heterocycles. The van der Waals surface area contributed by atoms with Crippen molar-refractivity contribution < 1.29 is 24.2 Å². The summed E-state index contributed by atoms with van der Waals surface area (Å²) in [5.41, 5.74) is 1.39. The first-order valence-electron chi connectivity index (χ1n) is 14.8. The van der Waals surface area contributed by atoms with Gasteiger partial charge in [-0.1, -0.05) is 83.2 Å². The zero-order valence-electron chi connectivity index (χ0n) is 25.8. The Balaban J connectivity index is 2.54. The summed E-state index contributed by atoms with van der Waals surface area (Å²) in [6.45, 7) is 13.6. The number of hydrogen-bond donors (Lipinski definition) is 3. The predicted molar refractivity (Wildman–Crippen MR) is 164 cm³/mol. The summed E-state index contributed by atoms with van der Waals surface area (Å²) in [4.78, 5) is 42.8. The number of unbranched alkanes of at least 4 members (excludes halogenated alkanes) is 4. The third kappa shape index (κ3) is 10.7. The largest absolute Gasteiger partial charge is 0.508 e. The molecule has 0 radical (unpaired) electrons. The Hall–Kier alpha value is -3.55. The third-order valence-electron chi connectivity index (χ3n) is 7.11. The summed E-state index contributed by atoms with van der Waals surface area (Å²) in [6, 6.07) is 11.9. The maximum atomic E-state index is 14.4. The number of amides is 3. The number of carbonyl (C=O) groups excluding carboxylic acids is 3. The Morgan fingerprint density at radius 2 is 1.59 bits per heavy atom. The fourth-order valence-electron chi connectivity index (χ4n) is 4.59. The molecule has 0 heterocycles. The molecule has 0 aliphatic rings. The van der Waals surface area contributed by atoms with Gasteiger partial charge in [-0.15, -0.1) is 0 Å². The molecule has 2 aromatic carbocycles. The molecule has 0 aliphatic carbocycles. The fourth-order valence-corrected chi connectivity index (χ4v) is 4.59. The highest BCUT2D eigenvalue weighted by molar-refractivity contribution is 5.99. The van der Waals surface area contributed by atoms with E-state index in [0.717, 1.165) is 31.2 Å². The summed E-state index contributed by atoms with van der Waals surface area (Å²) in [7, 11) is 0. The van der Waals surface area contributed by atoms with Crippen molar-refractivity contribution in [3.8, 4) is 5.75 Å². The molecule has 226 valence electrons. The van der Waals surface area contributed by atoms with E-state index in [9.17, 15) is 19.5 Å². The van der Waals surface area contributed by atoms with E-state index in [1.165, 1.54) is 12.1 Å². The number of para-hydroxylation sites is 1. The summed E-state index contributed by atoms with van der Waals surface area (Å²) in [6.07, 6.45) is 4.79. The Labute approximate surface area is 245 Å². The number of hydrogen-bond acceptors (Lipinski definition) is 5. The van der Waals surface area contributed by atoms with E-state index >= 15 is 0 Å². The number of anilines is 1. The lowest BCUT2D eigenvalue weighted by molar-refractivity contribution is -0.142. The van der Waals surface area contributed by atoms with Crippen LogP contribution in [0, 0.1) is 12.8 Å². The first-order valence-corrected chi connectivity index (χ1v) is 14.8. The van der Waals surface area contributed by atoms with Crippen LogP contribution in [0.15, 0.2) is 48.5 Å². The number of alkyl carbamates (subject to hydrolysis) is 1. The van der Waals surface area contributed by atoms with Gasteiger partial charge < -0.3 is 25.4 Å². The van der Waals surface area contributed by atoms with Crippen LogP contribution in [-0.4, -0.2) is 46.1 Å². The van der Waals surface area contributed by atoms with Crippen LogP contribution < -0.4 is 10.6 Å². The first-order chi connectivity index (χ1) is 19.4. The first kappa shape index (κ1) is 33.7. The summed E-state index contributed by atoms with van der Waals surface area (Å²) in [5.74, 6) is -0.864. The summed E-state index contributed by atoms with van der Waals surface area (Å²) >= 11 is 0. The number of benzene rings is 2. The topological polar surface area (TPSA) is 108 Å². The second-order valence-electron chi connectivity index (χ2n) is 11.8. The molecule has 8 heteroatoms. The van der Waals surface area contributed by atoms with E-state index in [-0.39, 0.29) is 23.5 Å². The average Bonchev–Trinajstić information content (AvgIpc) is 2.91. The van der Waals surface area contributed by atoms with E-state index in [1.54, 1.807) is 37.8 Å². The van der Waals surface area contributed by atoms with Crippen molar-refractivity contribution in [1.82, 2.24) is 10.2 Å². The lowest BCUT2D eigenvalue weighted by Gasteiger charge is -2.36. The molecule has 3 unspecified atom stereocenters. The molecule has 0 saturated heterocycles. The van der Waals surface area contributed by atoms with Crippen molar-refractivity contribution >= 4 is 23.6 Å². The van der Waals surface area contributed by atoms with Crippen molar-refractivity contribution in [2.45, 2.75) is 105 Å². The number of aryl methyl sites for hydroxylation is 1. The van der Waals surface area contributed by atoms with Gasteiger partial charge in [0.15, 0.2) is 0 Å². The molecule has 8 nitrogen and oxygen atoms in total. The molecule has 41 heavy (non-hydrogen) atoms. The smallest absolute Gasteiger partial charge is 0.408 e. The SMILES string of the molecule is CCCCCCCN(C(=O)C(NC(=O)OC(C)(C)C)C(C)CC)C(C(=O)Nc1ccccc1C)c1ccc(O)cc1. The molecule has 3 amide bonds. The highest BCUT2D eigenvalue weighted by Crippen LogP contribution is 2.28. The average molecular weight is 568 g/mol. The Bertz CT molecular complexity index is 1130. The van der Waals surface area contributed by atoms with Gasteiger partial charge in [-0.05, 0) is 69.4 Å². The standard InChI is InChI=1S/C33H49N3O5/c1-8-10-11-12-15-22-36(31(39)28(23(3)9-2)35-32(40)41-33(5,6)7)29(25-18-20-26(37)21-19-25)30(38)34-27-17-14-13-16-24(27)4/h13-14,16-21,23,28-29,37H,8-12,15,22H2,1-7H3,(H,34,38)(H,35,40). The van der Waals surface area contributed by atoms with E-state index in [1.807, 2.05) is 45.0 Å². The van der Waals surface area contributed by atoms with Gasteiger partial charge in [0.25, 0.3) is 5.91 Å². The van der Waals surface area contributed by atoms with Crippen molar-refractivity contribution in [2.75, 3.05) is 11.9 Å². The molecular formula is C33H49N3O5. The van der Waals surface area contributed by atoms with Crippen LogP contribution in [0.4, 0.5) is 10.5 Å². The highest BCUT2D eigenvalue weighted by atomic mass is 16.6. The molecule has 0 aliphatic heterocycles. The van der Waals surface area contributed by atoms with E-state index in [0.29, 0.717) is 30.6 Å². The van der Waals surface area contributed by atoms with E-state index in [2.05, 4.69) is 17.6 Å². The quantitative estimate of drug-likeness (QED) is 0.211. The third-order valence-corrected chi connectivity index (χ3v) is 7.11. The number of phenols is 1. The van der Waals surface area contributed by atoms with Gasteiger partial charge in [-0.2, -0.15) is 0 Å². The molecule has 0 spiro atoms. The van der Waals surface area contributed by atoms with Crippen LogP contribution in [0.2, 0.25) is 0 Å². The van der Waals surface area contributed by atoms with Crippen molar-refractivity contribution in [2.24, 2.45) is 5.92 Å². The van der Waals surface area contributed by atoms with Crippen LogP contribution in [-0.2, 0) is 14.3 Å². The zero-order chi connectivity index (χ0) is 30.6.